The first kappa shape index (κ1) is 15.0. The topological polar surface area (TPSA) is 3.24 Å². The molecule has 0 aromatic rings. The van der Waals surface area contributed by atoms with Gasteiger partial charge in [0.1, 0.15) is 5.83 Å². The number of halogens is 1. The predicted octanol–water partition coefficient (Wildman–Crippen LogP) is 3.82. The van der Waals surface area contributed by atoms with Crippen molar-refractivity contribution >= 4 is 0 Å². The predicted molar refractivity (Wildman–Crippen MR) is 58.3 cm³/mol. The second-order valence-corrected chi connectivity index (χ2v) is 2.68. The summed E-state index contributed by atoms with van der Waals surface area (Å²) in [6.07, 6.45) is 2.52. The van der Waals surface area contributed by atoms with E-state index >= 15 is 0 Å². The molecule has 1 rings (SSSR count). The molecular weight excluding hydrogens is 165 g/mol. The van der Waals surface area contributed by atoms with Gasteiger partial charge in [0.15, 0.2) is 0 Å². The molecule has 13 heavy (non-hydrogen) atoms. The summed E-state index contributed by atoms with van der Waals surface area (Å²) in [6.45, 7) is 10.9. The Morgan fingerprint density at radius 1 is 1.31 bits per heavy atom. The van der Waals surface area contributed by atoms with Crippen LogP contribution in [0.5, 0.6) is 0 Å². The third-order valence-corrected chi connectivity index (χ3v) is 1.73. The molecule has 0 N–H and O–H groups in total. The molecule has 0 amide bonds. The first-order valence-corrected chi connectivity index (χ1v) is 5.27. The number of hydrogen-bond acceptors (Lipinski definition) is 1. The lowest BCUT2D eigenvalue weighted by Gasteiger charge is -2.22. The fourth-order valence-electron chi connectivity index (χ4n) is 0.938. The number of nitrogens with zero attached hydrogens (tertiary/aromatic N) is 1. The Morgan fingerprint density at radius 3 is 2.08 bits per heavy atom. The molecule has 0 aromatic heterocycles. The van der Waals surface area contributed by atoms with E-state index in [1.165, 1.54) is 0 Å². The monoisotopic (exact) mass is 189 g/mol. The van der Waals surface area contributed by atoms with Crippen molar-refractivity contribution in [3.05, 3.63) is 12.0 Å². The summed E-state index contributed by atoms with van der Waals surface area (Å²) in [7, 11) is 1.89. The zero-order valence-corrected chi connectivity index (χ0v) is 9.89. The van der Waals surface area contributed by atoms with Crippen molar-refractivity contribution in [3.8, 4) is 0 Å². The fourth-order valence-corrected chi connectivity index (χ4v) is 0.938. The van der Waals surface area contributed by atoms with Crippen LogP contribution in [0.25, 0.3) is 0 Å². The molecular formula is C11H24FN. The zero-order chi connectivity index (χ0) is 10.9. The van der Waals surface area contributed by atoms with Crippen molar-refractivity contribution in [1.82, 2.24) is 4.90 Å². The van der Waals surface area contributed by atoms with E-state index in [1.54, 1.807) is 6.20 Å². The molecule has 1 atom stereocenters. The molecule has 1 heterocycles. The van der Waals surface area contributed by atoms with Crippen LogP contribution >= 0.6 is 0 Å². The van der Waals surface area contributed by atoms with Crippen LogP contribution in [0.2, 0.25) is 0 Å². The Labute approximate surface area is 82.6 Å². The van der Waals surface area contributed by atoms with Crippen molar-refractivity contribution in [3.63, 3.8) is 0 Å². The minimum Gasteiger partial charge on any atom is -0.378 e. The summed E-state index contributed by atoms with van der Waals surface area (Å²) >= 11 is 0. The molecule has 0 spiro atoms. The molecule has 0 saturated heterocycles. The number of hydrogen-bond donors (Lipinski definition) is 0. The molecule has 0 saturated carbocycles. The SMILES string of the molecule is CC.CC.CC1CCN(C)C=C1F. The Bertz CT molecular complexity index is 132. The summed E-state index contributed by atoms with van der Waals surface area (Å²) in [6, 6.07) is 0. The molecule has 1 aliphatic rings. The van der Waals surface area contributed by atoms with Gasteiger partial charge in [0.25, 0.3) is 0 Å². The second-order valence-electron chi connectivity index (χ2n) is 2.68. The second kappa shape index (κ2) is 9.56. The average Bonchev–Trinajstić information content (AvgIpc) is 2.18. The van der Waals surface area contributed by atoms with E-state index in [4.69, 9.17) is 0 Å². The lowest BCUT2D eigenvalue weighted by molar-refractivity contribution is 0.326. The fraction of sp³-hybridized carbons (Fsp3) is 0.818. The first-order chi connectivity index (χ1) is 6.20. The van der Waals surface area contributed by atoms with Crippen LogP contribution in [0.4, 0.5) is 4.39 Å². The highest BCUT2D eigenvalue weighted by Crippen LogP contribution is 2.20. The van der Waals surface area contributed by atoms with Crippen LogP contribution < -0.4 is 0 Å². The summed E-state index contributed by atoms with van der Waals surface area (Å²) in [5, 5.41) is 0. The van der Waals surface area contributed by atoms with Gasteiger partial charge in [-0.3, -0.25) is 0 Å². The maximum Gasteiger partial charge on any atom is 0.119 e. The third kappa shape index (κ3) is 6.62. The van der Waals surface area contributed by atoms with E-state index in [2.05, 4.69) is 0 Å². The largest absolute Gasteiger partial charge is 0.378 e. The molecule has 2 heteroatoms. The van der Waals surface area contributed by atoms with Gasteiger partial charge in [0, 0.05) is 25.7 Å². The molecule has 1 nitrogen and oxygen atoms in total. The third-order valence-electron chi connectivity index (χ3n) is 1.73. The molecule has 1 unspecified atom stereocenters. The zero-order valence-electron chi connectivity index (χ0n) is 9.89. The maximum absolute atomic E-state index is 12.6. The van der Waals surface area contributed by atoms with Gasteiger partial charge in [0.05, 0.1) is 0 Å². The Balaban J connectivity index is 0. The van der Waals surface area contributed by atoms with Crippen molar-refractivity contribution in [2.75, 3.05) is 13.6 Å². The standard InChI is InChI=1S/C7H12FN.2C2H6/c1-6-3-4-9(2)5-7(6)8;2*1-2/h5-6H,3-4H2,1-2H3;2*1-2H3. The molecule has 0 aromatic carbocycles. The minimum absolute atomic E-state index is 0.0174. The van der Waals surface area contributed by atoms with Gasteiger partial charge >= 0.3 is 0 Å². The normalized spacial score (nSPS) is 20.4. The molecule has 1 aliphatic heterocycles. The van der Waals surface area contributed by atoms with Crippen molar-refractivity contribution in [1.29, 1.82) is 0 Å². The molecule has 80 valence electrons. The average molecular weight is 189 g/mol. The minimum atomic E-state index is 0.0174. The highest BCUT2D eigenvalue weighted by molar-refractivity contribution is 4.99. The van der Waals surface area contributed by atoms with Crippen molar-refractivity contribution < 1.29 is 4.39 Å². The van der Waals surface area contributed by atoms with Crippen LogP contribution in [-0.2, 0) is 0 Å². The molecule has 0 aliphatic carbocycles. The summed E-state index contributed by atoms with van der Waals surface area (Å²) < 4.78 is 12.6. The van der Waals surface area contributed by atoms with E-state index in [-0.39, 0.29) is 11.7 Å². The van der Waals surface area contributed by atoms with Crippen LogP contribution in [-0.4, -0.2) is 18.5 Å². The molecule has 0 fully saturated rings. The van der Waals surface area contributed by atoms with Gasteiger partial charge < -0.3 is 4.90 Å². The number of rotatable bonds is 0. The highest BCUT2D eigenvalue weighted by atomic mass is 19.1. The van der Waals surface area contributed by atoms with Crippen LogP contribution in [0.1, 0.15) is 41.0 Å². The van der Waals surface area contributed by atoms with Crippen LogP contribution in [0.15, 0.2) is 12.0 Å². The first-order valence-electron chi connectivity index (χ1n) is 5.27. The Kier molecular flexibility index (Phi) is 11.0. The van der Waals surface area contributed by atoms with Gasteiger partial charge in [-0.15, -0.1) is 0 Å². The summed E-state index contributed by atoms with van der Waals surface area (Å²) in [4.78, 5) is 1.88. The van der Waals surface area contributed by atoms with E-state index in [0.717, 1.165) is 13.0 Å². The lowest BCUT2D eigenvalue weighted by atomic mass is 10.0. The maximum atomic E-state index is 12.6. The lowest BCUT2D eigenvalue weighted by Crippen LogP contribution is -2.21. The van der Waals surface area contributed by atoms with Gasteiger partial charge in [-0.05, 0) is 6.42 Å². The molecule has 0 bridgehead atoms. The van der Waals surface area contributed by atoms with E-state index in [0.29, 0.717) is 0 Å². The number of allylic oxidation sites excluding steroid dienone is 1. The Morgan fingerprint density at radius 2 is 1.77 bits per heavy atom. The van der Waals surface area contributed by atoms with Crippen molar-refractivity contribution in [2.45, 2.75) is 41.0 Å². The quantitative estimate of drug-likeness (QED) is 0.560. The van der Waals surface area contributed by atoms with E-state index in [1.807, 2.05) is 46.6 Å². The van der Waals surface area contributed by atoms with Crippen LogP contribution in [0.3, 0.4) is 0 Å². The smallest absolute Gasteiger partial charge is 0.119 e. The van der Waals surface area contributed by atoms with E-state index < -0.39 is 0 Å². The van der Waals surface area contributed by atoms with Gasteiger partial charge in [-0.2, -0.15) is 0 Å². The summed E-state index contributed by atoms with van der Waals surface area (Å²) in [5.74, 6) is 0.157. The van der Waals surface area contributed by atoms with Gasteiger partial charge in [0.2, 0.25) is 0 Å². The highest BCUT2D eigenvalue weighted by Gasteiger charge is 2.13. The van der Waals surface area contributed by atoms with Crippen molar-refractivity contribution in [2.24, 2.45) is 5.92 Å². The summed E-state index contributed by atoms with van der Waals surface area (Å²) in [5.41, 5.74) is 0. The van der Waals surface area contributed by atoms with E-state index in [9.17, 15) is 4.39 Å². The van der Waals surface area contributed by atoms with Gasteiger partial charge in [-0.1, -0.05) is 34.6 Å². The molecule has 0 radical (unpaired) electrons. The van der Waals surface area contributed by atoms with Crippen LogP contribution in [0, 0.1) is 5.92 Å². The van der Waals surface area contributed by atoms with Gasteiger partial charge in [-0.25, -0.2) is 4.39 Å². The Hall–Kier alpha value is -0.530.